The zero-order valence-electron chi connectivity index (χ0n) is 37.3. The van der Waals surface area contributed by atoms with Gasteiger partial charge in [0.2, 0.25) is 0 Å². The van der Waals surface area contributed by atoms with Crippen LogP contribution in [0.1, 0.15) is 170 Å². The molecule has 3 amide bonds. The number of hydrogen-bond donors (Lipinski definition) is 3. The summed E-state index contributed by atoms with van der Waals surface area (Å²) >= 11 is 0. The first-order valence-corrected chi connectivity index (χ1v) is 22.3. The molecule has 0 spiro atoms. The van der Waals surface area contributed by atoms with Crippen LogP contribution in [-0.4, -0.2) is 52.3 Å². The number of carbonyl (C=O) groups is 3. The van der Waals surface area contributed by atoms with E-state index >= 15 is 0 Å². The molecule has 0 saturated heterocycles. The van der Waals surface area contributed by atoms with Crippen molar-refractivity contribution in [2.24, 2.45) is 35.5 Å². The molecule has 0 aromatic carbocycles. The molecular weight excluding hydrogens is 723 g/mol. The molecule has 3 aromatic rings. The second-order valence-corrected chi connectivity index (χ2v) is 18.0. The number of nitrogens with one attached hydrogen (secondary N) is 3. The first-order valence-electron chi connectivity index (χ1n) is 22.3. The van der Waals surface area contributed by atoms with Crippen molar-refractivity contribution >= 4 is 35.2 Å². The average Bonchev–Trinajstić information content (AvgIpc) is 3.18. The van der Waals surface area contributed by atoms with Gasteiger partial charge in [-0.05, 0) is 91.2 Å². The predicted octanol–water partition coefficient (Wildman–Crippen LogP) is 11.1. The quantitative estimate of drug-likeness (QED) is 0.0700. The molecule has 58 heavy (non-hydrogen) atoms. The van der Waals surface area contributed by atoms with Crippen molar-refractivity contribution < 1.29 is 14.4 Å². The van der Waals surface area contributed by atoms with Crippen molar-refractivity contribution in [1.29, 1.82) is 0 Å². The number of rotatable bonds is 27. The van der Waals surface area contributed by atoms with Crippen LogP contribution >= 0.6 is 0 Å². The molecule has 0 aliphatic rings. The Morgan fingerprint density at radius 2 is 0.707 bits per heavy atom. The summed E-state index contributed by atoms with van der Waals surface area (Å²) in [6, 6.07) is 10.5. The molecule has 3 aromatic heterocycles. The van der Waals surface area contributed by atoms with Gasteiger partial charge in [-0.25, -0.2) is 15.0 Å². The Labute approximate surface area is 350 Å². The molecule has 0 fully saturated rings. The highest BCUT2D eigenvalue weighted by Crippen LogP contribution is 2.31. The third-order valence-electron chi connectivity index (χ3n) is 10.9. The van der Waals surface area contributed by atoms with Crippen LogP contribution in [0.2, 0.25) is 0 Å². The Morgan fingerprint density at radius 1 is 0.431 bits per heavy atom. The van der Waals surface area contributed by atoms with Gasteiger partial charge in [-0.15, -0.1) is 0 Å². The minimum atomic E-state index is -0.170. The van der Waals surface area contributed by atoms with Gasteiger partial charge in [-0.2, -0.15) is 0 Å². The van der Waals surface area contributed by atoms with Gasteiger partial charge >= 0.3 is 0 Å². The molecule has 3 atom stereocenters. The van der Waals surface area contributed by atoms with Gasteiger partial charge in [0.15, 0.2) is 0 Å². The molecule has 0 unspecified atom stereocenters. The monoisotopic (exact) mass is 798 g/mol. The lowest BCUT2D eigenvalue weighted by molar-refractivity contribution is 0.0943. The van der Waals surface area contributed by atoms with E-state index in [1.165, 1.54) is 38.5 Å². The molecule has 10 nitrogen and oxygen atoms in total. The highest BCUT2D eigenvalue weighted by molar-refractivity contribution is 5.95. The standard InChI is InChI=1S/C48H75N7O3/c1-34(2)13-10-16-37(7)25-28-49-46(56)40-19-22-43(52-31-40)55(44-23-20-41(32-53-44)47(57)50-29-26-38(8)17-11-14-35(3)4)45-24-21-42(33-54-45)48(58)51-30-27-39(9)18-12-15-36(5)6/h19-24,31-39H,10-18,25-30H2,1-9H3,(H,49,56)(H,50,57)(H,51,58)/t37-,38-,39-/m0/s1. The van der Waals surface area contributed by atoms with E-state index in [2.05, 4.69) is 93.2 Å². The summed E-state index contributed by atoms with van der Waals surface area (Å²) in [4.78, 5) is 54.9. The third kappa shape index (κ3) is 18.1. The number of pyridine rings is 3. The fourth-order valence-electron chi connectivity index (χ4n) is 6.97. The number of aromatic nitrogens is 3. The van der Waals surface area contributed by atoms with E-state index in [4.69, 9.17) is 0 Å². The molecule has 3 N–H and O–H groups in total. The van der Waals surface area contributed by atoms with Crippen LogP contribution < -0.4 is 20.9 Å². The van der Waals surface area contributed by atoms with Gasteiger partial charge in [-0.3, -0.25) is 19.3 Å². The van der Waals surface area contributed by atoms with E-state index in [0.717, 1.165) is 38.5 Å². The third-order valence-corrected chi connectivity index (χ3v) is 10.9. The Kier molecular flexibility index (Phi) is 21.4. The van der Waals surface area contributed by atoms with Gasteiger partial charge in [0.1, 0.15) is 17.5 Å². The van der Waals surface area contributed by atoms with E-state index < -0.39 is 0 Å². The van der Waals surface area contributed by atoms with Crippen LogP contribution in [0.15, 0.2) is 55.0 Å². The van der Waals surface area contributed by atoms with Gasteiger partial charge in [0, 0.05) is 38.2 Å². The summed E-state index contributed by atoms with van der Waals surface area (Å²) in [5, 5.41) is 9.15. The number of nitrogens with zero attached hydrogens (tertiary/aromatic N) is 4. The topological polar surface area (TPSA) is 129 Å². The van der Waals surface area contributed by atoms with E-state index in [0.29, 0.717) is 89.3 Å². The van der Waals surface area contributed by atoms with Crippen molar-refractivity contribution in [2.45, 2.75) is 139 Å². The van der Waals surface area contributed by atoms with Crippen LogP contribution in [0, 0.1) is 35.5 Å². The molecular formula is C48H75N7O3. The Hall–Kier alpha value is -4.34. The Balaban J connectivity index is 1.71. The van der Waals surface area contributed by atoms with E-state index in [1.54, 1.807) is 59.9 Å². The van der Waals surface area contributed by atoms with Crippen LogP contribution in [-0.2, 0) is 0 Å². The molecule has 0 saturated carbocycles. The lowest BCUT2D eigenvalue weighted by atomic mass is 9.97. The number of hydrogen-bond acceptors (Lipinski definition) is 7. The molecule has 0 aliphatic heterocycles. The van der Waals surface area contributed by atoms with Gasteiger partial charge in [0.05, 0.1) is 16.7 Å². The van der Waals surface area contributed by atoms with Crippen LogP contribution in [0.4, 0.5) is 17.5 Å². The molecule has 3 heterocycles. The number of amides is 3. The van der Waals surface area contributed by atoms with E-state index in [9.17, 15) is 14.4 Å². The maximum absolute atomic E-state index is 13.1. The molecule has 0 radical (unpaired) electrons. The highest BCUT2D eigenvalue weighted by Gasteiger charge is 2.20. The first kappa shape index (κ1) is 48.0. The van der Waals surface area contributed by atoms with Gasteiger partial charge < -0.3 is 16.0 Å². The SMILES string of the molecule is CC(C)CCC[C@H](C)CCNC(=O)c1ccc(N(c2ccc(C(=O)NCC[C@@H](C)CCCC(C)C)cn2)c2ccc(C(=O)NCC[C@@H](C)CCCC(C)C)cn2)nc1. The molecule has 10 heteroatoms. The average molecular weight is 798 g/mol. The fourth-order valence-corrected chi connectivity index (χ4v) is 6.97. The summed E-state index contributed by atoms with van der Waals surface area (Å²) in [5.74, 6) is 4.73. The zero-order chi connectivity index (χ0) is 42.5. The largest absolute Gasteiger partial charge is 0.352 e. The van der Waals surface area contributed by atoms with Crippen molar-refractivity contribution in [1.82, 2.24) is 30.9 Å². The van der Waals surface area contributed by atoms with Crippen molar-refractivity contribution in [3.05, 3.63) is 71.7 Å². The van der Waals surface area contributed by atoms with Crippen molar-refractivity contribution in [2.75, 3.05) is 24.5 Å². The lowest BCUT2D eigenvalue weighted by Crippen LogP contribution is -2.26. The summed E-state index contributed by atoms with van der Waals surface area (Å²) in [6.45, 7) is 22.1. The summed E-state index contributed by atoms with van der Waals surface area (Å²) in [6.07, 6.45) is 18.3. The van der Waals surface area contributed by atoms with Crippen LogP contribution in [0.3, 0.4) is 0 Å². The lowest BCUT2D eigenvalue weighted by Gasteiger charge is -2.22. The first-order chi connectivity index (χ1) is 27.7. The van der Waals surface area contributed by atoms with E-state index in [-0.39, 0.29) is 17.7 Å². The minimum absolute atomic E-state index is 0.170. The molecule has 320 valence electrons. The number of anilines is 3. The summed E-state index contributed by atoms with van der Waals surface area (Å²) in [7, 11) is 0. The molecule has 0 aliphatic carbocycles. The number of carbonyl (C=O) groups excluding carboxylic acids is 3. The fraction of sp³-hybridized carbons (Fsp3) is 0.625. The second-order valence-electron chi connectivity index (χ2n) is 18.0. The smallest absolute Gasteiger partial charge is 0.252 e. The zero-order valence-corrected chi connectivity index (χ0v) is 37.3. The van der Waals surface area contributed by atoms with E-state index in [1.807, 2.05) is 0 Å². The van der Waals surface area contributed by atoms with Gasteiger partial charge in [-0.1, -0.05) is 120 Å². The Morgan fingerprint density at radius 3 is 0.931 bits per heavy atom. The van der Waals surface area contributed by atoms with Crippen molar-refractivity contribution in [3.8, 4) is 0 Å². The van der Waals surface area contributed by atoms with Crippen LogP contribution in [0.5, 0.6) is 0 Å². The minimum Gasteiger partial charge on any atom is -0.352 e. The molecule has 0 bridgehead atoms. The maximum atomic E-state index is 13.1. The Bertz CT molecular complexity index is 1430. The van der Waals surface area contributed by atoms with Crippen LogP contribution in [0.25, 0.3) is 0 Å². The van der Waals surface area contributed by atoms with Gasteiger partial charge in [0.25, 0.3) is 17.7 Å². The normalized spacial score (nSPS) is 13.0. The highest BCUT2D eigenvalue weighted by atomic mass is 16.2. The second kappa shape index (κ2) is 25.9. The molecule has 3 rings (SSSR count). The van der Waals surface area contributed by atoms with Crippen molar-refractivity contribution in [3.63, 3.8) is 0 Å². The summed E-state index contributed by atoms with van der Waals surface area (Å²) in [5.41, 5.74) is 1.37. The maximum Gasteiger partial charge on any atom is 0.252 e. The predicted molar refractivity (Wildman–Crippen MR) is 239 cm³/mol. The summed E-state index contributed by atoms with van der Waals surface area (Å²) < 4.78 is 0.